The second kappa shape index (κ2) is 5.57. The fourth-order valence-corrected chi connectivity index (χ4v) is 1.95. The SMILES string of the molecule is CC/C=C(/c1ccc(Cl)cc1)C(C)Br. The smallest absolute Gasteiger partial charge is 0.0406 e. The summed E-state index contributed by atoms with van der Waals surface area (Å²) in [6.45, 7) is 4.28. The van der Waals surface area contributed by atoms with Crippen molar-refractivity contribution in [1.82, 2.24) is 0 Å². The molecule has 0 aliphatic carbocycles. The number of alkyl halides is 1. The van der Waals surface area contributed by atoms with E-state index in [1.165, 1.54) is 11.1 Å². The molecule has 0 fully saturated rings. The minimum atomic E-state index is 0.378. The van der Waals surface area contributed by atoms with Gasteiger partial charge < -0.3 is 0 Å². The molecule has 1 atom stereocenters. The van der Waals surface area contributed by atoms with Crippen LogP contribution in [0.5, 0.6) is 0 Å². The van der Waals surface area contributed by atoms with Crippen molar-refractivity contribution in [3.63, 3.8) is 0 Å². The first-order valence-electron chi connectivity index (χ1n) is 4.75. The summed E-state index contributed by atoms with van der Waals surface area (Å²) in [6, 6.07) is 7.97. The quantitative estimate of drug-likeness (QED) is 0.686. The monoisotopic (exact) mass is 272 g/mol. The van der Waals surface area contributed by atoms with Gasteiger partial charge in [0.05, 0.1) is 0 Å². The summed E-state index contributed by atoms with van der Waals surface area (Å²) >= 11 is 9.44. The average molecular weight is 274 g/mol. The van der Waals surface area contributed by atoms with Crippen LogP contribution < -0.4 is 0 Å². The molecule has 0 aromatic heterocycles. The molecule has 2 heteroatoms. The third-order valence-corrected chi connectivity index (χ3v) is 2.78. The van der Waals surface area contributed by atoms with E-state index in [2.05, 4.69) is 48.0 Å². The lowest BCUT2D eigenvalue weighted by Gasteiger charge is -2.10. The first-order chi connectivity index (χ1) is 6.65. The maximum Gasteiger partial charge on any atom is 0.0406 e. The molecule has 0 N–H and O–H groups in total. The van der Waals surface area contributed by atoms with E-state index in [4.69, 9.17) is 11.6 Å². The van der Waals surface area contributed by atoms with Gasteiger partial charge in [0.1, 0.15) is 0 Å². The Morgan fingerprint density at radius 3 is 2.43 bits per heavy atom. The summed E-state index contributed by atoms with van der Waals surface area (Å²) in [7, 11) is 0. The molecule has 0 aliphatic rings. The summed E-state index contributed by atoms with van der Waals surface area (Å²) in [5.41, 5.74) is 2.56. The van der Waals surface area contributed by atoms with Crippen LogP contribution >= 0.6 is 27.5 Å². The molecular weight excluding hydrogens is 259 g/mol. The van der Waals surface area contributed by atoms with Gasteiger partial charge in [-0.2, -0.15) is 0 Å². The van der Waals surface area contributed by atoms with E-state index in [9.17, 15) is 0 Å². The summed E-state index contributed by atoms with van der Waals surface area (Å²) in [4.78, 5) is 0.378. The number of hydrogen-bond donors (Lipinski definition) is 0. The normalized spacial score (nSPS) is 14.1. The summed E-state index contributed by atoms with van der Waals surface area (Å²) < 4.78 is 0. The zero-order chi connectivity index (χ0) is 10.6. The lowest BCUT2D eigenvalue weighted by Crippen LogP contribution is -1.95. The zero-order valence-electron chi connectivity index (χ0n) is 8.43. The van der Waals surface area contributed by atoms with Crippen LogP contribution in [0.25, 0.3) is 5.57 Å². The van der Waals surface area contributed by atoms with Crippen molar-refractivity contribution in [3.8, 4) is 0 Å². The van der Waals surface area contributed by atoms with Gasteiger partial charge in [-0.1, -0.05) is 52.7 Å². The molecular formula is C12H14BrCl. The van der Waals surface area contributed by atoms with E-state index < -0.39 is 0 Å². The van der Waals surface area contributed by atoms with Crippen LogP contribution in [0, 0.1) is 0 Å². The third-order valence-electron chi connectivity index (χ3n) is 2.03. The fourth-order valence-electron chi connectivity index (χ4n) is 1.37. The average Bonchev–Trinajstić information content (AvgIpc) is 2.15. The highest BCUT2D eigenvalue weighted by Crippen LogP contribution is 2.25. The minimum absolute atomic E-state index is 0.378. The molecule has 0 amide bonds. The van der Waals surface area contributed by atoms with E-state index in [0.29, 0.717) is 4.83 Å². The molecule has 0 saturated heterocycles. The second-order valence-electron chi connectivity index (χ2n) is 3.19. The van der Waals surface area contributed by atoms with E-state index in [0.717, 1.165) is 11.4 Å². The highest BCUT2D eigenvalue weighted by molar-refractivity contribution is 9.09. The first-order valence-corrected chi connectivity index (χ1v) is 6.04. The third kappa shape index (κ3) is 3.14. The molecule has 14 heavy (non-hydrogen) atoms. The summed E-state index contributed by atoms with van der Waals surface area (Å²) in [5.74, 6) is 0. The van der Waals surface area contributed by atoms with Crippen molar-refractivity contribution < 1.29 is 0 Å². The van der Waals surface area contributed by atoms with Crippen molar-refractivity contribution in [3.05, 3.63) is 40.9 Å². The molecule has 0 nitrogen and oxygen atoms in total. The standard InChI is InChI=1S/C12H14BrCl/c1-3-4-12(9(2)13)10-5-7-11(14)8-6-10/h4-9H,3H2,1-2H3/b12-4+. The van der Waals surface area contributed by atoms with E-state index >= 15 is 0 Å². The van der Waals surface area contributed by atoms with E-state index in [-0.39, 0.29) is 0 Å². The van der Waals surface area contributed by atoms with Crippen molar-refractivity contribution >= 4 is 33.1 Å². The molecule has 0 heterocycles. The number of benzene rings is 1. The van der Waals surface area contributed by atoms with Gasteiger partial charge in [0.2, 0.25) is 0 Å². The molecule has 0 saturated carbocycles. The Balaban J connectivity index is 3.00. The Morgan fingerprint density at radius 1 is 1.43 bits per heavy atom. The Hall–Kier alpha value is -0.270. The Kier molecular flexibility index (Phi) is 4.70. The van der Waals surface area contributed by atoms with Crippen LogP contribution in [-0.4, -0.2) is 4.83 Å². The number of allylic oxidation sites excluding steroid dienone is 2. The predicted molar refractivity (Wildman–Crippen MR) is 68.1 cm³/mol. The molecule has 0 radical (unpaired) electrons. The fraction of sp³-hybridized carbons (Fsp3) is 0.333. The van der Waals surface area contributed by atoms with Gasteiger partial charge >= 0.3 is 0 Å². The van der Waals surface area contributed by atoms with Gasteiger partial charge in [0.15, 0.2) is 0 Å². The van der Waals surface area contributed by atoms with Crippen molar-refractivity contribution in [2.75, 3.05) is 0 Å². The Morgan fingerprint density at radius 2 is 2.00 bits per heavy atom. The van der Waals surface area contributed by atoms with Crippen LogP contribution in [0.3, 0.4) is 0 Å². The van der Waals surface area contributed by atoms with Crippen LogP contribution in [0.2, 0.25) is 5.02 Å². The molecule has 1 rings (SSSR count). The van der Waals surface area contributed by atoms with Crippen molar-refractivity contribution in [2.24, 2.45) is 0 Å². The lowest BCUT2D eigenvalue weighted by molar-refractivity contribution is 1.19. The highest BCUT2D eigenvalue weighted by Gasteiger charge is 2.06. The molecule has 1 unspecified atom stereocenters. The first kappa shape index (κ1) is 11.8. The van der Waals surface area contributed by atoms with Gasteiger partial charge in [-0.3, -0.25) is 0 Å². The van der Waals surface area contributed by atoms with Gasteiger partial charge in [0.25, 0.3) is 0 Å². The van der Waals surface area contributed by atoms with Crippen LogP contribution in [0.4, 0.5) is 0 Å². The van der Waals surface area contributed by atoms with Crippen LogP contribution in [0.15, 0.2) is 30.3 Å². The Bertz CT molecular complexity index is 312. The minimum Gasteiger partial charge on any atom is -0.0843 e. The van der Waals surface area contributed by atoms with Crippen LogP contribution in [-0.2, 0) is 0 Å². The molecule has 1 aromatic carbocycles. The molecule has 0 spiro atoms. The topological polar surface area (TPSA) is 0 Å². The zero-order valence-corrected chi connectivity index (χ0v) is 10.8. The highest BCUT2D eigenvalue weighted by atomic mass is 79.9. The molecule has 0 bridgehead atoms. The lowest BCUT2D eigenvalue weighted by atomic mass is 10.0. The van der Waals surface area contributed by atoms with E-state index in [1.807, 2.05) is 12.1 Å². The second-order valence-corrected chi connectivity index (χ2v) is 5.00. The number of hydrogen-bond acceptors (Lipinski definition) is 0. The van der Waals surface area contributed by atoms with Gasteiger partial charge in [-0.25, -0.2) is 0 Å². The summed E-state index contributed by atoms with van der Waals surface area (Å²) in [5, 5.41) is 0.784. The molecule has 76 valence electrons. The van der Waals surface area contributed by atoms with Crippen LogP contribution in [0.1, 0.15) is 25.8 Å². The maximum absolute atomic E-state index is 5.84. The van der Waals surface area contributed by atoms with Gasteiger partial charge in [-0.15, -0.1) is 0 Å². The largest absolute Gasteiger partial charge is 0.0843 e. The summed E-state index contributed by atoms with van der Waals surface area (Å²) in [6.07, 6.45) is 3.29. The molecule has 0 aliphatic heterocycles. The predicted octanol–water partition coefficient (Wildman–Crippen LogP) is 4.92. The molecule has 1 aromatic rings. The maximum atomic E-state index is 5.84. The van der Waals surface area contributed by atoms with Crippen molar-refractivity contribution in [1.29, 1.82) is 0 Å². The Labute approximate surface area is 99.1 Å². The van der Waals surface area contributed by atoms with Gasteiger partial charge in [0, 0.05) is 9.85 Å². The van der Waals surface area contributed by atoms with E-state index in [1.54, 1.807) is 0 Å². The number of halogens is 2. The number of rotatable bonds is 3. The van der Waals surface area contributed by atoms with Gasteiger partial charge in [-0.05, 0) is 36.6 Å². The van der Waals surface area contributed by atoms with Crippen molar-refractivity contribution in [2.45, 2.75) is 25.1 Å².